The van der Waals surface area contributed by atoms with Crippen molar-refractivity contribution < 1.29 is 56.8 Å². The Morgan fingerprint density at radius 2 is 0.944 bits per heavy atom. The summed E-state index contributed by atoms with van der Waals surface area (Å²) in [6.45, 7) is 3.74. The normalized spacial score (nSPS) is 20.9. The van der Waals surface area contributed by atoms with Crippen molar-refractivity contribution in [2.45, 2.75) is 230 Å². The first-order chi connectivity index (χ1) is 26.0. The Hall–Kier alpha value is -1.35. The van der Waals surface area contributed by atoms with Gasteiger partial charge in [0.1, 0.15) is 36.8 Å². The van der Waals surface area contributed by atoms with Crippen LogP contribution in [0.15, 0.2) is 0 Å². The zero-order chi connectivity index (χ0) is 39.9. The van der Waals surface area contributed by atoms with Gasteiger partial charge in [-0.25, -0.2) is 0 Å². The van der Waals surface area contributed by atoms with Gasteiger partial charge in [-0.3, -0.25) is 14.1 Å². The van der Waals surface area contributed by atoms with Crippen LogP contribution in [0.25, 0.3) is 0 Å². The summed E-state index contributed by atoms with van der Waals surface area (Å²) in [4.78, 5) is 25.3. The molecule has 320 valence electrons. The fourth-order valence-electron chi connectivity index (χ4n) is 6.79. The second kappa shape index (κ2) is 32.7. The molecule has 0 radical (unpaired) electrons. The van der Waals surface area contributed by atoms with Gasteiger partial charge in [0, 0.05) is 12.8 Å². The average Bonchev–Trinajstić information content (AvgIpc) is 3.13. The summed E-state index contributed by atoms with van der Waals surface area (Å²) in [6, 6.07) is 0. The summed E-state index contributed by atoms with van der Waals surface area (Å²) in [5, 5.41) is 30.8. The van der Waals surface area contributed by atoms with E-state index in [2.05, 4.69) is 13.8 Å². The molecule has 1 fully saturated rings. The van der Waals surface area contributed by atoms with Gasteiger partial charge in [-0.1, -0.05) is 168 Å². The lowest BCUT2D eigenvalue weighted by Gasteiger charge is -2.40. The van der Waals surface area contributed by atoms with Crippen LogP contribution in [0.4, 0.5) is 0 Å². The van der Waals surface area contributed by atoms with Gasteiger partial charge in [-0.05, 0) is 12.8 Å². The molecule has 0 aromatic carbocycles. The number of ether oxygens (including phenoxy) is 4. The van der Waals surface area contributed by atoms with Gasteiger partial charge in [-0.2, -0.15) is 8.42 Å². The molecule has 0 aliphatic carbocycles. The molecule has 1 heterocycles. The lowest BCUT2D eigenvalue weighted by molar-refractivity contribution is -0.297. The summed E-state index contributed by atoms with van der Waals surface area (Å²) in [5.74, 6) is -1.97. The maximum atomic E-state index is 12.8. The van der Waals surface area contributed by atoms with E-state index in [9.17, 15) is 37.9 Å². The number of aliphatic hydroxyl groups excluding tert-OH is 3. The molecule has 0 aromatic rings. The van der Waals surface area contributed by atoms with E-state index in [0.717, 1.165) is 38.5 Å². The molecule has 0 bridgehead atoms. The molecule has 0 aromatic heterocycles. The standard InChI is InChI=1S/C41H78O12S/c1-3-5-7-9-11-13-14-15-16-17-18-19-20-22-24-26-28-30-37(43)52-34(31-50-36(42)29-27-25-23-21-12-10-8-6-4-2)32-51-41-40(46)39(45)38(44)35(53-41)33-54(47,48)49/h34-35,38-41,44-46H,3-33H2,1-2H3,(H,47,48,49)/t34-,35-,38-,39?,40?,41+/m1/s1. The molecule has 0 amide bonds. The minimum absolute atomic E-state index is 0.172. The molecule has 13 heteroatoms. The van der Waals surface area contributed by atoms with E-state index in [1.54, 1.807) is 0 Å². The van der Waals surface area contributed by atoms with Crippen molar-refractivity contribution in [3.8, 4) is 0 Å². The Morgan fingerprint density at radius 1 is 0.556 bits per heavy atom. The average molecular weight is 795 g/mol. The molecule has 1 aliphatic heterocycles. The van der Waals surface area contributed by atoms with Crippen molar-refractivity contribution in [2.24, 2.45) is 0 Å². The third kappa shape index (κ3) is 27.3. The third-order valence-corrected chi connectivity index (χ3v) is 10.9. The minimum Gasteiger partial charge on any atom is -0.462 e. The third-order valence-electron chi connectivity index (χ3n) is 10.2. The molecule has 4 N–H and O–H groups in total. The monoisotopic (exact) mass is 795 g/mol. The molecule has 12 nitrogen and oxygen atoms in total. The number of hydrogen-bond donors (Lipinski definition) is 4. The Labute approximate surface area is 327 Å². The van der Waals surface area contributed by atoms with Gasteiger partial charge < -0.3 is 34.3 Å². The Morgan fingerprint density at radius 3 is 1.35 bits per heavy atom. The lowest BCUT2D eigenvalue weighted by atomic mass is 10.00. The number of hydrogen-bond acceptors (Lipinski definition) is 11. The van der Waals surface area contributed by atoms with Crippen molar-refractivity contribution in [2.75, 3.05) is 19.0 Å². The molecule has 0 saturated carbocycles. The fourth-order valence-corrected chi connectivity index (χ4v) is 7.49. The summed E-state index contributed by atoms with van der Waals surface area (Å²) in [6.07, 6.45) is 21.6. The van der Waals surface area contributed by atoms with Crippen molar-refractivity contribution in [3.05, 3.63) is 0 Å². The van der Waals surface area contributed by atoms with Crippen LogP contribution < -0.4 is 0 Å². The Kier molecular flexibility index (Phi) is 30.7. The first-order valence-electron chi connectivity index (χ1n) is 21.6. The first kappa shape index (κ1) is 50.7. The largest absolute Gasteiger partial charge is 0.462 e. The number of esters is 2. The van der Waals surface area contributed by atoms with Crippen LogP contribution in [0.2, 0.25) is 0 Å². The fraction of sp³-hybridized carbons (Fsp3) is 0.951. The molecule has 1 aliphatic rings. The van der Waals surface area contributed by atoms with E-state index in [-0.39, 0.29) is 19.4 Å². The highest BCUT2D eigenvalue weighted by Gasteiger charge is 2.46. The zero-order valence-electron chi connectivity index (χ0n) is 33.8. The number of carbonyl (C=O) groups excluding carboxylic acids is 2. The smallest absolute Gasteiger partial charge is 0.306 e. The summed E-state index contributed by atoms with van der Waals surface area (Å²) in [5.41, 5.74) is 0. The van der Waals surface area contributed by atoms with Gasteiger partial charge >= 0.3 is 11.9 Å². The molecule has 2 unspecified atom stereocenters. The predicted octanol–water partition coefficient (Wildman–Crippen LogP) is 8.12. The minimum atomic E-state index is -4.59. The number of unbranched alkanes of at least 4 members (excludes halogenated alkanes) is 24. The summed E-state index contributed by atoms with van der Waals surface area (Å²) < 4.78 is 53.9. The Balaban J connectivity index is 2.43. The molecular formula is C41H78O12S. The van der Waals surface area contributed by atoms with Crippen LogP contribution in [0.5, 0.6) is 0 Å². The van der Waals surface area contributed by atoms with Crippen LogP contribution >= 0.6 is 0 Å². The van der Waals surface area contributed by atoms with E-state index in [4.69, 9.17) is 18.9 Å². The van der Waals surface area contributed by atoms with Crippen LogP contribution in [0.3, 0.4) is 0 Å². The van der Waals surface area contributed by atoms with Gasteiger partial charge in [0.15, 0.2) is 12.4 Å². The maximum absolute atomic E-state index is 12.8. The highest BCUT2D eigenvalue weighted by atomic mass is 32.2. The van der Waals surface area contributed by atoms with E-state index in [1.165, 1.54) is 116 Å². The quantitative estimate of drug-likeness (QED) is 0.0272. The second-order valence-corrected chi connectivity index (χ2v) is 16.9. The highest BCUT2D eigenvalue weighted by molar-refractivity contribution is 7.85. The maximum Gasteiger partial charge on any atom is 0.306 e. The van der Waals surface area contributed by atoms with Gasteiger partial charge in [0.25, 0.3) is 10.1 Å². The summed E-state index contributed by atoms with van der Waals surface area (Å²) >= 11 is 0. The number of aliphatic hydroxyl groups is 3. The van der Waals surface area contributed by atoms with Crippen molar-refractivity contribution >= 4 is 22.1 Å². The van der Waals surface area contributed by atoms with Crippen LogP contribution in [-0.2, 0) is 38.7 Å². The predicted molar refractivity (Wildman–Crippen MR) is 211 cm³/mol. The SMILES string of the molecule is CCCCCCCCCCCCCCCCCCCC(=O)O[C@H](COC(=O)CCCCCCCCCCC)CO[C@H]1O[C@H](CS(=O)(=O)O)[C@@H](O)C(O)C1O. The molecule has 6 atom stereocenters. The molecule has 54 heavy (non-hydrogen) atoms. The van der Waals surface area contributed by atoms with E-state index in [0.29, 0.717) is 12.8 Å². The molecular weight excluding hydrogens is 717 g/mol. The van der Waals surface area contributed by atoms with Crippen molar-refractivity contribution in [1.82, 2.24) is 0 Å². The number of carbonyl (C=O) groups is 2. The van der Waals surface area contributed by atoms with Crippen LogP contribution in [-0.4, -0.2) is 96.0 Å². The highest BCUT2D eigenvalue weighted by Crippen LogP contribution is 2.24. The van der Waals surface area contributed by atoms with E-state index < -0.39 is 71.2 Å². The Bertz CT molecular complexity index is 1030. The van der Waals surface area contributed by atoms with Crippen LogP contribution in [0, 0.1) is 0 Å². The topological polar surface area (TPSA) is 186 Å². The zero-order valence-corrected chi connectivity index (χ0v) is 34.7. The molecule has 1 saturated heterocycles. The second-order valence-electron chi connectivity index (χ2n) is 15.4. The van der Waals surface area contributed by atoms with Crippen molar-refractivity contribution in [1.29, 1.82) is 0 Å². The van der Waals surface area contributed by atoms with E-state index >= 15 is 0 Å². The van der Waals surface area contributed by atoms with Crippen LogP contribution in [0.1, 0.15) is 194 Å². The van der Waals surface area contributed by atoms with E-state index in [1.807, 2.05) is 0 Å². The number of rotatable bonds is 36. The molecule has 0 spiro atoms. The van der Waals surface area contributed by atoms with Crippen molar-refractivity contribution in [3.63, 3.8) is 0 Å². The lowest BCUT2D eigenvalue weighted by Crippen LogP contribution is -2.60. The van der Waals surface area contributed by atoms with Gasteiger partial charge in [0.2, 0.25) is 0 Å². The van der Waals surface area contributed by atoms with Gasteiger partial charge in [0.05, 0.1) is 6.61 Å². The first-order valence-corrected chi connectivity index (χ1v) is 23.2. The summed E-state index contributed by atoms with van der Waals surface area (Å²) in [7, 11) is -4.59. The molecule has 1 rings (SSSR count). The van der Waals surface area contributed by atoms with Gasteiger partial charge in [-0.15, -0.1) is 0 Å².